The van der Waals surface area contributed by atoms with Gasteiger partial charge in [-0.2, -0.15) is 13.2 Å². The van der Waals surface area contributed by atoms with Crippen molar-refractivity contribution in [3.63, 3.8) is 0 Å². The minimum atomic E-state index is -4.41. The molecule has 22 heavy (non-hydrogen) atoms. The molecule has 0 unspecified atom stereocenters. The second-order valence-electron chi connectivity index (χ2n) is 6.16. The second-order valence-corrected chi connectivity index (χ2v) is 6.16. The van der Waals surface area contributed by atoms with Gasteiger partial charge >= 0.3 is 6.18 Å². The van der Waals surface area contributed by atoms with Gasteiger partial charge in [-0.1, -0.05) is 31.9 Å². The van der Waals surface area contributed by atoms with Crippen LogP contribution in [0.2, 0.25) is 0 Å². The summed E-state index contributed by atoms with van der Waals surface area (Å²) in [5.74, 6) is 0.539. The third-order valence-corrected chi connectivity index (χ3v) is 4.49. The van der Waals surface area contributed by atoms with E-state index in [4.69, 9.17) is 0 Å². The van der Waals surface area contributed by atoms with E-state index in [1.807, 2.05) is 0 Å². The van der Waals surface area contributed by atoms with Gasteiger partial charge in [0.05, 0.1) is 0 Å². The first kappa shape index (κ1) is 17.0. The molecule has 1 saturated carbocycles. The van der Waals surface area contributed by atoms with Crippen LogP contribution in [0.3, 0.4) is 0 Å². The fraction of sp³-hybridized carbons (Fsp3) is 0.556. The Hall–Kier alpha value is -1.32. The van der Waals surface area contributed by atoms with Gasteiger partial charge in [-0.05, 0) is 55.2 Å². The highest BCUT2D eigenvalue weighted by atomic mass is 19.4. The Morgan fingerprint density at radius 3 is 2.36 bits per heavy atom. The first-order valence-corrected chi connectivity index (χ1v) is 7.94. The van der Waals surface area contributed by atoms with Gasteiger partial charge in [0, 0.05) is 11.6 Å². The molecule has 1 aliphatic rings. The first-order valence-electron chi connectivity index (χ1n) is 7.94. The summed E-state index contributed by atoms with van der Waals surface area (Å²) in [6.07, 6.45) is 3.31. The minimum absolute atomic E-state index is 0.0132. The fourth-order valence-corrected chi connectivity index (χ4v) is 3.31. The predicted molar refractivity (Wildman–Crippen MR) is 81.1 cm³/mol. The highest BCUT2D eigenvalue weighted by Gasteiger charge is 2.23. The maximum absolute atomic E-state index is 14.0. The monoisotopic (exact) mass is 314 g/mol. The van der Waals surface area contributed by atoms with Crippen molar-refractivity contribution in [1.82, 2.24) is 0 Å². The molecule has 0 bridgehead atoms. The Balaban J connectivity index is 2.02. The highest BCUT2D eigenvalue weighted by Crippen LogP contribution is 2.38. The number of alkyl halides is 3. The molecule has 122 valence electrons. The van der Waals surface area contributed by atoms with E-state index >= 15 is 0 Å². The number of hydrogen-bond donors (Lipinski definition) is 0. The molecule has 2 rings (SSSR count). The summed E-state index contributed by atoms with van der Waals surface area (Å²) in [7, 11) is 0. The molecular weight excluding hydrogens is 292 g/mol. The molecule has 1 aromatic carbocycles. The third-order valence-electron chi connectivity index (χ3n) is 4.49. The molecule has 4 heteroatoms. The molecule has 0 N–H and O–H groups in total. The van der Waals surface area contributed by atoms with E-state index in [1.165, 1.54) is 25.0 Å². The van der Waals surface area contributed by atoms with Crippen LogP contribution in [0.15, 0.2) is 24.3 Å². The SMILES string of the molecule is CCCC1CCC(c2ccc(/C=C\C(F)(F)F)c(F)c2)CC1. The number of halogens is 4. The second kappa shape index (κ2) is 7.30. The number of allylic oxidation sites excluding steroid dienone is 1. The molecule has 0 amide bonds. The lowest BCUT2D eigenvalue weighted by molar-refractivity contribution is -0.0790. The Morgan fingerprint density at radius 1 is 1.14 bits per heavy atom. The van der Waals surface area contributed by atoms with Crippen molar-refractivity contribution in [3.8, 4) is 0 Å². The lowest BCUT2D eigenvalue weighted by Gasteiger charge is -2.28. The lowest BCUT2D eigenvalue weighted by atomic mass is 9.77. The van der Waals surface area contributed by atoms with Crippen molar-refractivity contribution >= 4 is 6.08 Å². The number of rotatable bonds is 4. The Morgan fingerprint density at radius 2 is 1.82 bits per heavy atom. The van der Waals surface area contributed by atoms with Gasteiger partial charge in [-0.3, -0.25) is 0 Å². The summed E-state index contributed by atoms with van der Waals surface area (Å²) >= 11 is 0. The van der Waals surface area contributed by atoms with Crippen LogP contribution in [0.25, 0.3) is 6.08 Å². The van der Waals surface area contributed by atoms with E-state index in [1.54, 1.807) is 6.07 Å². The van der Waals surface area contributed by atoms with E-state index in [2.05, 4.69) is 6.92 Å². The molecule has 1 aliphatic carbocycles. The average molecular weight is 314 g/mol. The van der Waals surface area contributed by atoms with Crippen molar-refractivity contribution in [2.24, 2.45) is 5.92 Å². The van der Waals surface area contributed by atoms with Crippen molar-refractivity contribution in [1.29, 1.82) is 0 Å². The Labute approximate surface area is 129 Å². The van der Waals surface area contributed by atoms with Gasteiger partial charge in [0.2, 0.25) is 0 Å². The topological polar surface area (TPSA) is 0 Å². The van der Waals surface area contributed by atoms with Gasteiger partial charge in [-0.15, -0.1) is 0 Å². The van der Waals surface area contributed by atoms with Gasteiger partial charge in [-0.25, -0.2) is 4.39 Å². The molecule has 0 atom stereocenters. The van der Waals surface area contributed by atoms with Crippen LogP contribution in [0.1, 0.15) is 62.5 Å². The van der Waals surface area contributed by atoms with Crippen LogP contribution in [0.5, 0.6) is 0 Å². The molecule has 0 spiro atoms. The van der Waals surface area contributed by atoms with Gasteiger partial charge < -0.3 is 0 Å². The van der Waals surface area contributed by atoms with Crippen LogP contribution < -0.4 is 0 Å². The molecule has 0 aromatic heterocycles. The van der Waals surface area contributed by atoms with E-state index < -0.39 is 12.0 Å². The van der Waals surface area contributed by atoms with Gasteiger partial charge in [0.1, 0.15) is 5.82 Å². The van der Waals surface area contributed by atoms with Crippen LogP contribution in [-0.4, -0.2) is 6.18 Å². The minimum Gasteiger partial charge on any atom is -0.206 e. The highest BCUT2D eigenvalue weighted by molar-refractivity contribution is 5.51. The molecule has 1 aromatic rings. The zero-order valence-electron chi connectivity index (χ0n) is 12.8. The van der Waals surface area contributed by atoms with E-state index in [9.17, 15) is 17.6 Å². The van der Waals surface area contributed by atoms with Crippen LogP contribution in [0.4, 0.5) is 17.6 Å². The molecule has 0 heterocycles. The molecule has 0 aliphatic heterocycles. The van der Waals surface area contributed by atoms with Crippen molar-refractivity contribution in [2.45, 2.75) is 57.5 Å². The predicted octanol–water partition coefficient (Wildman–Crippen LogP) is 6.48. The number of benzene rings is 1. The standard InChI is InChI=1S/C18H22F4/c1-2-3-13-4-6-14(7-5-13)16-9-8-15(17(19)12-16)10-11-18(20,21)22/h8-14H,2-7H2,1H3/b11-10-. The van der Waals surface area contributed by atoms with Crippen molar-refractivity contribution < 1.29 is 17.6 Å². The quantitative estimate of drug-likeness (QED) is 0.558. The van der Waals surface area contributed by atoms with Crippen LogP contribution in [0, 0.1) is 11.7 Å². The summed E-state index contributed by atoms with van der Waals surface area (Å²) in [4.78, 5) is 0. The largest absolute Gasteiger partial charge is 0.409 e. The first-order chi connectivity index (χ1) is 10.4. The van der Waals surface area contributed by atoms with Gasteiger partial charge in [0.25, 0.3) is 0 Å². The summed E-state index contributed by atoms with van der Waals surface area (Å²) in [5.41, 5.74) is 0.900. The van der Waals surface area contributed by atoms with Gasteiger partial charge in [0.15, 0.2) is 0 Å². The zero-order chi connectivity index (χ0) is 16.2. The third kappa shape index (κ3) is 4.85. The molecule has 0 nitrogen and oxygen atoms in total. The van der Waals surface area contributed by atoms with E-state index in [-0.39, 0.29) is 11.6 Å². The molecule has 1 fully saturated rings. The van der Waals surface area contributed by atoms with Crippen molar-refractivity contribution in [3.05, 3.63) is 41.2 Å². The maximum Gasteiger partial charge on any atom is 0.409 e. The summed E-state index contributed by atoms with van der Waals surface area (Å²) < 4.78 is 50.4. The normalized spacial score (nSPS) is 23.1. The van der Waals surface area contributed by atoms with E-state index in [0.717, 1.165) is 43.2 Å². The summed E-state index contributed by atoms with van der Waals surface area (Å²) in [6.45, 7) is 2.19. The number of hydrogen-bond acceptors (Lipinski definition) is 0. The van der Waals surface area contributed by atoms with Crippen LogP contribution >= 0.6 is 0 Å². The lowest BCUT2D eigenvalue weighted by Crippen LogP contribution is -2.13. The van der Waals surface area contributed by atoms with Crippen LogP contribution in [-0.2, 0) is 0 Å². The molecular formula is C18H22F4. The fourth-order valence-electron chi connectivity index (χ4n) is 3.31. The Kier molecular flexibility index (Phi) is 5.65. The Bertz CT molecular complexity index is 508. The molecule has 0 radical (unpaired) electrons. The maximum atomic E-state index is 14.0. The molecule has 0 saturated heterocycles. The summed E-state index contributed by atoms with van der Waals surface area (Å²) in [5, 5.41) is 0. The smallest absolute Gasteiger partial charge is 0.206 e. The summed E-state index contributed by atoms with van der Waals surface area (Å²) in [6, 6.07) is 4.62. The zero-order valence-corrected chi connectivity index (χ0v) is 12.8. The van der Waals surface area contributed by atoms with E-state index in [0.29, 0.717) is 5.92 Å². The van der Waals surface area contributed by atoms with Crippen molar-refractivity contribution in [2.75, 3.05) is 0 Å². The average Bonchev–Trinajstić information content (AvgIpc) is 2.46.